The van der Waals surface area contributed by atoms with Crippen molar-refractivity contribution in [1.82, 2.24) is 4.31 Å². The summed E-state index contributed by atoms with van der Waals surface area (Å²) in [6.07, 6.45) is 2.00. The number of aryl methyl sites for hydroxylation is 4. The number of nitrogens with zero attached hydrogens (tertiary/aromatic N) is 2. The summed E-state index contributed by atoms with van der Waals surface area (Å²) in [5, 5.41) is 8.96. The molecule has 0 bridgehead atoms. The van der Waals surface area contributed by atoms with Crippen LogP contribution in [0.2, 0.25) is 0 Å². The summed E-state index contributed by atoms with van der Waals surface area (Å²) < 4.78 is 29.4. The molecule has 0 amide bonds. The SMILES string of the molecule is Cc1cc(C)c(S(=O)(=O)N2Cc3ccccc3CC2C(=O)CCCc2ccc(C#N)cc2)c(C)c1. The lowest BCUT2D eigenvalue weighted by molar-refractivity contribution is -0.123. The minimum atomic E-state index is -3.88. The number of carbonyl (C=O) groups is 1. The first kappa shape index (κ1) is 24.8. The van der Waals surface area contributed by atoms with E-state index in [-0.39, 0.29) is 12.3 Å². The fourth-order valence-electron chi connectivity index (χ4n) is 5.10. The van der Waals surface area contributed by atoms with Crippen LogP contribution in [-0.4, -0.2) is 24.5 Å². The maximum atomic E-state index is 14.0. The maximum absolute atomic E-state index is 14.0. The second-order valence-corrected chi connectivity index (χ2v) is 11.2. The molecule has 3 aromatic carbocycles. The van der Waals surface area contributed by atoms with Crippen molar-refractivity contribution in [2.24, 2.45) is 0 Å². The first-order valence-electron chi connectivity index (χ1n) is 11.9. The van der Waals surface area contributed by atoms with E-state index in [2.05, 4.69) is 6.07 Å². The molecule has 0 saturated heterocycles. The Hall–Kier alpha value is -3.27. The van der Waals surface area contributed by atoms with Crippen LogP contribution in [0, 0.1) is 32.1 Å². The topological polar surface area (TPSA) is 78.2 Å². The molecule has 180 valence electrons. The number of hydrogen-bond acceptors (Lipinski definition) is 4. The molecule has 4 rings (SSSR count). The van der Waals surface area contributed by atoms with E-state index in [1.165, 1.54) is 4.31 Å². The predicted octanol–water partition coefficient (Wildman–Crippen LogP) is 5.19. The van der Waals surface area contributed by atoms with Crippen LogP contribution >= 0.6 is 0 Å². The highest BCUT2D eigenvalue weighted by atomic mass is 32.2. The van der Waals surface area contributed by atoms with Crippen molar-refractivity contribution in [3.8, 4) is 6.07 Å². The van der Waals surface area contributed by atoms with E-state index in [1.54, 1.807) is 12.1 Å². The Labute approximate surface area is 208 Å². The van der Waals surface area contributed by atoms with Crippen molar-refractivity contribution >= 4 is 15.8 Å². The Bertz CT molecular complexity index is 1380. The molecular weight excluding hydrogens is 456 g/mol. The Morgan fingerprint density at radius 1 is 1.00 bits per heavy atom. The van der Waals surface area contributed by atoms with Gasteiger partial charge in [-0.2, -0.15) is 9.57 Å². The van der Waals surface area contributed by atoms with Crippen molar-refractivity contribution in [2.45, 2.75) is 63.9 Å². The van der Waals surface area contributed by atoms with Gasteiger partial charge in [0.2, 0.25) is 10.0 Å². The first-order chi connectivity index (χ1) is 16.7. The molecule has 0 radical (unpaired) electrons. The number of benzene rings is 3. The van der Waals surface area contributed by atoms with Gasteiger partial charge in [-0.3, -0.25) is 4.79 Å². The number of ketones is 1. The van der Waals surface area contributed by atoms with Crippen molar-refractivity contribution in [3.05, 3.63) is 99.6 Å². The van der Waals surface area contributed by atoms with Crippen LogP contribution < -0.4 is 0 Å². The van der Waals surface area contributed by atoms with E-state index >= 15 is 0 Å². The second kappa shape index (κ2) is 10.2. The Morgan fingerprint density at radius 3 is 2.26 bits per heavy atom. The van der Waals surface area contributed by atoms with Gasteiger partial charge in [0.15, 0.2) is 5.78 Å². The standard InChI is InChI=1S/C29H30N2O3S/c1-20-15-21(2)29(22(3)16-20)35(33,34)31-19-26-9-5-4-8-25(26)17-27(31)28(32)10-6-7-23-11-13-24(18-30)14-12-23/h4-5,8-9,11-16,27H,6-7,10,17,19H2,1-3H3. The smallest absolute Gasteiger partial charge is 0.244 e. The van der Waals surface area contributed by atoms with Gasteiger partial charge < -0.3 is 0 Å². The molecule has 35 heavy (non-hydrogen) atoms. The number of fused-ring (bicyclic) bond motifs is 1. The lowest BCUT2D eigenvalue weighted by atomic mass is 9.91. The third-order valence-electron chi connectivity index (χ3n) is 6.72. The number of Topliss-reactive ketones (excluding diaryl/α,β-unsaturated/α-hetero) is 1. The van der Waals surface area contributed by atoms with Crippen LogP contribution in [0.25, 0.3) is 0 Å². The zero-order chi connectivity index (χ0) is 25.2. The molecule has 1 aliphatic rings. The number of nitriles is 1. The number of sulfonamides is 1. The van der Waals surface area contributed by atoms with Gasteiger partial charge in [0.1, 0.15) is 0 Å². The summed E-state index contributed by atoms with van der Waals surface area (Å²) in [5.41, 5.74) is 6.05. The van der Waals surface area contributed by atoms with E-state index in [0.717, 1.165) is 22.3 Å². The Kier molecular flexibility index (Phi) is 7.20. The molecule has 1 atom stereocenters. The van der Waals surface area contributed by atoms with Gasteiger partial charge in [-0.05, 0) is 80.0 Å². The van der Waals surface area contributed by atoms with Gasteiger partial charge in [-0.25, -0.2) is 8.42 Å². The van der Waals surface area contributed by atoms with Crippen LogP contribution in [-0.2, 0) is 34.2 Å². The van der Waals surface area contributed by atoms with Crippen LogP contribution in [0.4, 0.5) is 0 Å². The average molecular weight is 487 g/mol. The zero-order valence-electron chi connectivity index (χ0n) is 20.4. The van der Waals surface area contributed by atoms with E-state index < -0.39 is 16.1 Å². The molecule has 6 heteroatoms. The van der Waals surface area contributed by atoms with Crippen molar-refractivity contribution in [2.75, 3.05) is 0 Å². The Balaban J connectivity index is 1.60. The highest BCUT2D eigenvalue weighted by molar-refractivity contribution is 7.89. The van der Waals surface area contributed by atoms with Crippen LogP contribution in [0.5, 0.6) is 0 Å². The summed E-state index contributed by atoms with van der Waals surface area (Å²) in [6.45, 7) is 5.78. The quantitative estimate of drug-likeness (QED) is 0.460. The predicted molar refractivity (Wildman–Crippen MR) is 136 cm³/mol. The van der Waals surface area contributed by atoms with Crippen LogP contribution in [0.15, 0.2) is 65.6 Å². The summed E-state index contributed by atoms with van der Waals surface area (Å²) in [7, 11) is -3.88. The summed E-state index contributed by atoms with van der Waals surface area (Å²) in [5.74, 6) is -0.0564. The largest absolute Gasteiger partial charge is 0.298 e. The number of hydrogen-bond donors (Lipinski definition) is 0. The third kappa shape index (κ3) is 5.22. The molecule has 0 fully saturated rings. The lowest BCUT2D eigenvalue weighted by Gasteiger charge is -2.36. The molecule has 3 aromatic rings. The zero-order valence-corrected chi connectivity index (χ0v) is 21.2. The Morgan fingerprint density at radius 2 is 1.63 bits per heavy atom. The number of carbonyl (C=O) groups excluding carboxylic acids is 1. The van der Waals surface area contributed by atoms with Crippen LogP contribution in [0.3, 0.4) is 0 Å². The molecule has 1 unspecified atom stereocenters. The minimum Gasteiger partial charge on any atom is -0.298 e. The minimum absolute atomic E-state index is 0.0564. The van der Waals surface area contributed by atoms with Crippen molar-refractivity contribution in [3.63, 3.8) is 0 Å². The van der Waals surface area contributed by atoms with Gasteiger partial charge in [0.25, 0.3) is 0 Å². The van der Waals surface area contributed by atoms with E-state index in [9.17, 15) is 13.2 Å². The van der Waals surface area contributed by atoms with Gasteiger partial charge in [-0.1, -0.05) is 54.1 Å². The van der Waals surface area contributed by atoms with Gasteiger partial charge in [-0.15, -0.1) is 0 Å². The fourth-order valence-corrected chi connectivity index (χ4v) is 7.10. The molecule has 1 heterocycles. The van der Waals surface area contributed by atoms with Crippen LogP contribution in [0.1, 0.15) is 51.8 Å². The van der Waals surface area contributed by atoms with E-state index in [4.69, 9.17) is 5.26 Å². The monoisotopic (exact) mass is 486 g/mol. The lowest BCUT2D eigenvalue weighted by Crippen LogP contribution is -2.48. The summed E-state index contributed by atoms with van der Waals surface area (Å²) in [4.78, 5) is 13.8. The van der Waals surface area contributed by atoms with Gasteiger partial charge in [0, 0.05) is 13.0 Å². The van der Waals surface area contributed by atoms with Crippen molar-refractivity contribution < 1.29 is 13.2 Å². The highest BCUT2D eigenvalue weighted by Gasteiger charge is 2.40. The first-order valence-corrected chi connectivity index (χ1v) is 13.3. The molecule has 0 spiro atoms. The highest BCUT2D eigenvalue weighted by Crippen LogP contribution is 2.33. The third-order valence-corrected chi connectivity index (χ3v) is 8.88. The molecule has 5 nitrogen and oxygen atoms in total. The van der Waals surface area contributed by atoms with E-state index in [1.807, 2.05) is 69.3 Å². The van der Waals surface area contributed by atoms with Crippen molar-refractivity contribution in [1.29, 1.82) is 5.26 Å². The summed E-state index contributed by atoms with van der Waals surface area (Å²) >= 11 is 0. The van der Waals surface area contributed by atoms with E-state index in [0.29, 0.717) is 47.3 Å². The van der Waals surface area contributed by atoms with Gasteiger partial charge in [0.05, 0.1) is 22.6 Å². The average Bonchev–Trinajstić information content (AvgIpc) is 2.82. The fraction of sp³-hybridized carbons (Fsp3) is 0.310. The molecular formula is C29H30N2O3S. The molecule has 0 aromatic heterocycles. The molecule has 0 saturated carbocycles. The normalized spacial score (nSPS) is 15.9. The maximum Gasteiger partial charge on any atom is 0.244 e. The summed E-state index contributed by atoms with van der Waals surface area (Å²) in [6, 6.07) is 20.3. The second-order valence-electron chi connectivity index (χ2n) is 9.40. The molecule has 1 aliphatic heterocycles. The van der Waals surface area contributed by atoms with Gasteiger partial charge >= 0.3 is 0 Å². The molecule has 0 aliphatic carbocycles. The molecule has 0 N–H and O–H groups in total. The number of rotatable bonds is 7.